The van der Waals surface area contributed by atoms with Crippen LogP contribution in [-0.2, 0) is 53.9 Å². The van der Waals surface area contributed by atoms with Crippen molar-refractivity contribution in [2.24, 2.45) is 0 Å². The van der Waals surface area contributed by atoms with Crippen LogP contribution in [0.15, 0.2) is 16.9 Å². The molecule has 0 radical (unpaired) electrons. The number of nitrogens with zero attached hydrogens (tertiary/aromatic N) is 5. The van der Waals surface area contributed by atoms with Crippen molar-refractivity contribution in [3.8, 4) is 11.4 Å². The molecule has 0 saturated carbocycles. The minimum Gasteiger partial charge on any atom is -0.458 e. The van der Waals surface area contributed by atoms with Crippen LogP contribution in [0.4, 0.5) is 4.39 Å². The molecule has 55 heavy (non-hydrogen) atoms. The lowest BCUT2D eigenvalue weighted by atomic mass is 9.81. The molecular formula is C39H47FN6O9. The number of hydrogen-bond acceptors (Lipinski definition) is 10. The Morgan fingerprint density at radius 1 is 1.02 bits per heavy atom. The van der Waals surface area contributed by atoms with E-state index in [1.54, 1.807) is 26.8 Å². The number of nitrogens with one attached hydrogen (secondary N) is 1. The predicted octanol–water partition coefficient (Wildman–Crippen LogP) is 1.56. The molecule has 0 fully saturated rings. The van der Waals surface area contributed by atoms with Crippen molar-refractivity contribution in [2.75, 3.05) is 39.3 Å². The lowest BCUT2D eigenvalue weighted by molar-refractivity contribution is -0.172. The molecule has 3 N–H and O–H groups in total. The van der Waals surface area contributed by atoms with E-state index in [4.69, 9.17) is 9.72 Å². The van der Waals surface area contributed by atoms with E-state index in [0.717, 1.165) is 5.56 Å². The van der Waals surface area contributed by atoms with Gasteiger partial charge in [0.05, 0.1) is 47.7 Å². The number of benzene rings is 1. The average molecular weight is 763 g/mol. The van der Waals surface area contributed by atoms with Gasteiger partial charge in [0.25, 0.3) is 5.56 Å². The van der Waals surface area contributed by atoms with Gasteiger partial charge in [-0.2, -0.15) is 0 Å². The Bertz CT molecular complexity index is 2190. The third-order valence-corrected chi connectivity index (χ3v) is 11.1. The highest BCUT2D eigenvalue weighted by molar-refractivity contribution is 5.94. The second kappa shape index (κ2) is 15.1. The molecule has 3 atom stereocenters. The van der Waals surface area contributed by atoms with Gasteiger partial charge < -0.3 is 39.5 Å². The van der Waals surface area contributed by atoms with Crippen molar-refractivity contribution in [1.29, 1.82) is 0 Å². The Kier molecular flexibility index (Phi) is 10.9. The number of carbonyl (C=O) groups excluding carboxylic acids is 5. The minimum atomic E-state index is -2.03. The van der Waals surface area contributed by atoms with Crippen LogP contribution in [0, 0.1) is 12.7 Å². The van der Waals surface area contributed by atoms with Gasteiger partial charge in [0.2, 0.25) is 23.6 Å². The van der Waals surface area contributed by atoms with E-state index in [-0.39, 0.29) is 81.8 Å². The summed E-state index contributed by atoms with van der Waals surface area (Å²) in [7, 11) is 0. The largest absolute Gasteiger partial charge is 0.458 e. The van der Waals surface area contributed by atoms with E-state index >= 15 is 4.39 Å². The lowest BCUT2D eigenvalue weighted by Crippen LogP contribution is -2.47. The Hall–Kier alpha value is -5.22. The summed E-state index contributed by atoms with van der Waals surface area (Å²) in [5.41, 5.74) is 1.43. The van der Waals surface area contributed by atoms with E-state index < -0.39 is 46.9 Å². The molecule has 2 aromatic heterocycles. The van der Waals surface area contributed by atoms with Gasteiger partial charge in [-0.15, -0.1) is 0 Å². The first-order valence-corrected chi connectivity index (χ1v) is 18.5. The van der Waals surface area contributed by atoms with Crippen LogP contribution >= 0.6 is 0 Å². The molecular weight excluding hydrogens is 715 g/mol. The fourth-order valence-electron chi connectivity index (χ4n) is 8.07. The van der Waals surface area contributed by atoms with Crippen molar-refractivity contribution in [3.63, 3.8) is 0 Å². The maximum atomic E-state index is 15.3. The molecule has 15 nitrogen and oxygen atoms in total. The maximum Gasteiger partial charge on any atom is 0.343 e. The quantitative estimate of drug-likeness (QED) is 0.179. The van der Waals surface area contributed by atoms with Crippen LogP contribution in [0.2, 0.25) is 0 Å². The highest BCUT2D eigenvalue weighted by atomic mass is 19.1. The van der Waals surface area contributed by atoms with Gasteiger partial charge in [0.1, 0.15) is 12.4 Å². The first kappa shape index (κ1) is 39.5. The molecule has 1 aromatic carbocycles. The fraction of sp³-hybridized carbons (Fsp3) is 0.513. The number of cyclic esters (lactones) is 1. The zero-order chi connectivity index (χ0) is 40.1. The van der Waals surface area contributed by atoms with Crippen molar-refractivity contribution in [1.82, 2.24) is 29.6 Å². The van der Waals surface area contributed by atoms with Gasteiger partial charge in [-0.3, -0.25) is 24.0 Å². The number of amides is 4. The number of ether oxygens (including phenoxy) is 1. The zero-order valence-corrected chi connectivity index (χ0v) is 32.0. The molecule has 3 aromatic rings. The highest BCUT2D eigenvalue weighted by Crippen LogP contribution is 2.46. The van der Waals surface area contributed by atoms with Gasteiger partial charge in [-0.1, -0.05) is 6.92 Å². The van der Waals surface area contributed by atoms with E-state index in [1.165, 1.54) is 46.1 Å². The summed E-state index contributed by atoms with van der Waals surface area (Å²) in [6.45, 7) is 9.01. The van der Waals surface area contributed by atoms with Crippen molar-refractivity contribution >= 4 is 40.5 Å². The van der Waals surface area contributed by atoms with E-state index in [1.807, 2.05) is 0 Å². The minimum absolute atomic E-state index is 0.0283. The smallest absolute Gasteiger partial charge is 0.343 e. The molecule has 1 unspecified atom stereocenters. The van der Waals surface area contributed by atoms with E-state index in [9.17, 15) is 39.0 Å². The Balaban J connectivity index is 1.29. The molecule has 0 bridgehead atoms. The van der Waals surface area contributed by atoms with Crippen LogP contribution in [-0.4, -0.2) is 109 Å². The van der Waals surface area contributed by atoms with Gasteiger partial charge in [0.15, 0.2) is 5.60 Å². The first-order chi connectivity index (χ1) is 26.0. The van der Waals surface area contributed by atoms with Crippen molar-refractivity contribution in [3.05, 3.63) is 61.7 Å². The number of fused-ring (bicyclic) bond motifs is 5. The lowest BCUT2D eigenvalue weighted by Gasteiger charge is -2.31. The number of aryl methyl sites for hydroxylation is 1. The molecule has 4 heterocycles. The summed E-state index contributed by atoms with van der Waals surface area (Å²) in [5.74, 6) is -2.69. The average Bonchev–Trinajstić information content (AvgIpc) is 3.49. The third kappa shape index (κ3) is 7.20. The monoisotopic (exact) mass is 762 g/mol. The topological polar surface area (TPSA) is 192 Å². The number of carbonyl (C=O) groups is 5. The van der Waals surface area contributed by atoms with Crippen LogP contribution < -0.4 is 10.9 Å². The number of esters is 1. The normalized spacial score (nSPS) is 18.5. The number of rotatable bonds is 12. The zero-order valence-electron chi connectivity index (χ0n) is 32.0. The summed E-state index contributed by atoms with van der Waals surface area (Å²) < 4.78 is 22.0. The van der Waals surface area contributed by atoms with Crippen LogP contribution in [0.3, 0.4) is 0 Å². The second-order valence-electron chi connectivity index (χ2n) is 14.7. The molecule has 2 aliphatic heterocycles. The third-order valence-electron chi connectivity index (χ3n) is 11.1. The molecule has 16 heteroatoms. The molecule has 294 valence electrons. The Morgan fingerprint density at radius 2 is 1.65 bits per heavy atom. The van der Waals surface area contributed by atoms with Crippen molar-refractivity contribution < 1.29 is 43.3 Å². The standard InChI is InChI=1S/C39H47FN6O9/c1-7-39(54)28-14-32-36-26(17-46(32)37(52)27(28)19-55-38(39)53)35-30(9-8-25-21(3)29(40)15-31(42-36)34(25)35)41-33(51)18-45(24(6)50)13-11-43(22(4)48)10-12-44(23(5)49)16-20(2)47/h14-15,20,30,47,54H,7-13,16-19H2,1-6H3,(H,41,51)/t20?,30-,39-/m0/s1. The number of aromatic nitrogens is 2. The molecule has 6 rings (SSSR count). The number of aliphatic hydroxyl groups excluding tert-OH is 1. The molecule has 4 amide bonds. The number of aliphatic hydroxyl groups is 2. The molecule has 3 aliphatic rings. The van der Waals surface area contributed by atoms with Gasteiger partial charge >= 0.3 is 5.97 Å². The summed E-state index contributed by atoms with van der Waals surface area (Å²) >= 11 is 0. The van der Waals surface area contributed by atoms with Crippen LogP contribution in [0.1, 0.15) is 86.9 Å². The predicted molar refractivity (Wildman–Crippen MR) is 197 cm³/mol. The second-order valence-corrected chi connectivity index (χ2v) is 14.7. The summed E-state index contributed by atoms with van der Waals surface area (Å²) in [6, 6.07) is 2.31. The number of halogens is 1. The van der Waals surface area contributed by atoms with E-state index in [0.29, 0.717) is 51.8 Å². The van der Waals surface area contributed by atoms with Gasteiger partial charge in [-0.05, 0) is 55.9 Å². The molecule has 1 aliphatic carbocycles. The Morgan fingerprint density at radius 3 is 2.27 bits per heavy atom. The Labute approximate surface area is 317 Å². The summed E-state index contributed by atoms with van der Waals surface area (Å²) in [4.78, 5) is 86.8. The highest BCUT2D eigenvalue weighted by Gasteiger charge is 2.46. The molecule has 0 spiro atoms. The van der Waals surface area contributed by atoms with Gasteiger partial charge in [-0.25, -0.2) is 14.2 Å². The van der Waals surface area contributed by atoms with Crippen LogP contribution in [0.5, 0.6) is 0 Å². The summed E-state index contributed by atoms with van der Waals surface area (Å²) in [6.07, 6.45) is 0.0470. The van der Waals surface area contributed by atoms with Crippen LogP contribution in [0.25, 0.3) is 22.3 Å². The first-order valence-electron chi connectivity index (χ1n) is 18.5. The van der Waals surface area contributed by atoms with Crippen molar-refractivity contribution in [2.45, 2.75) is 91.7 Å². The van der Waals surface area contributed by atoms with E-state index in [2.05, 4.69) is 5.32 Å². The van der Waals surface area contributed by atoms with Gasteiger partial charge in [0, 0.05) is 76.1 Å². The maximum absolute atomic E-state index is 15.3. The fourth-order valence-corrected chi connectivity index (χ4v) is 8.07. The molecule has 0 saturated heterocycles. The summed E-state index contributed by atoms with van der Waals surface area (Å²) in [5, 5.41) is 24.8. The number of pyridine rings is 2. The SMILES string of the molecule is CC[C@@]1(O)C(=O)OCc2c1cc1n(c2=O)Cc2c-1nc1cc(F)c(C)c3c1c2[C@@H](NC(=O)CN(CCN(CCN(CC(C)O)C(C)=O)C(C)=O)C(C)=O)CC3. The number of hydrogen-bond donors (Lipinski definition) is 3.